The van der Waals surface area contributed by atoms with E-state index in [-0.39, 0.29) is 0 Å². The molecule has 1 aliphatic heterocycles. The molecule has 1 aliphatic rings. The van der Waals surface area contributed by atoms with Gasteiger partial charge in [-0.25, -0.2) is 9.97 Å². The molecule has 4 aromatic rings. The van der Waals surface area contributed by atoms with E-state index in [0.717, 1.165) is 61.1 Å². The van der Waals surface area contributed by atoms with E-state index in [4.69, 9.17) is 4.42 Å². The Kier molecular flexibility index (Phi) is 5.21. The Bertz CT molecular complexity index is 1140. The maximum absolute atomic E-state index is 5.39. The zero-order valence-corrected chi connectivity index (χ0v) is 17.8. The van der Waals surface area contributed by atoms with Crippen molar-refractivity contribution < 1.29 is 4.42 Å². The number of aromatic nitrogens is 5. The van der Waals surface area contributed by atoms with Gasteiger partial charge in [0.2, 0.25) is 0 Å². The van der Waals surface area contributed by atoms with Gasteiger partial charge in [-0.2, -0.15) is 5.10 Å². The topological polar surface area (TPSA) is 76.1 Å². The largest absolute Gasteiger partial charge is 0.444 e. The van der Waals surface area contributed by atoms with Crippen LogP contribution in [-0.2, 0) is 13.6 Å². The first-order valence-corrected chi connectivity index (χ1v) is 10.4. The maximum Gasteiger partial charge on any atom is 0.181 e. The second-order valence-electron chi connectivity index (χ2n) is 7.81. The first-order valence-electron chi connectivity index (χ1n) is 10.4. The molecule has 8 heteroatoms. The molecule has 0 bridgehead atoms. The molecular weight excluding hydrogens is 390 g/mol. The lowest BCUT2D eigenvalue weighted by atomic mass is 10.1. The van der Waals surface area contributed by atoms with Crippen LogP contribution in [0.3, 0.4) is 0 Å². The van der Waals surface area contributed by atoms with E-state index in [1.165, 1.54) is 17.7 Å². The average Bonchev–Trinajstić information content (AvgIpc) is 3.46. The van der Waals surface area contributed by atoms with Crippen molar-refractivity contribution >= 4 is 5.82 Å². The van der Waals surface area contributed by atoms with Gasteiger partial charge in [-0.15, -0.1) is 0 Å². The van der Waals surface area contributed by atoms with Crippen LogP contribution in [0.1, 0.15) is 11.3 Å². The zero-order chi connectivity index (χ0) is 21.2. The number of nitrogens with zero attached hydrogens (tertiary/aromatic N) is 7. The number of anilines is 1. The third-order valence-electron chi connectivity index (χ3n) is 5.96. The van der Waals surface area contributed by atoms with Gasteiger partial charge in [0.1, 0.15) is 5.69 Å². The van der Waals surface area contributed by atoms with Crippen LogP contribution in [-0.4, -0.2) is 55.8 Å². The highest BCUT2D eigenvalue weighted by Crippen LogP contribution is 2.29. The molecule has 31 heavy (non-hydrogen) atoms. The molecule has 0 N–H and O–H groups in total. The van der Waals surface area contributed by atoms with Crippen LogP contribution in [0.4, 0.5) is 5.82 Å². The molecular formula is C23H25N7O. The summed E-state index contributed by atoms with van der Waals surface area (Å²) in [4.78, 5) is 18.1. The van der Waals surface area contributed by atoms with E-state index in [0.29, 0.717) is 0 Å². The molecule has 1 aromatic carbocycles. The fraction of sp³-hybridized carbons (Fsp3) is 0.304. The van der Waals surface area contributed by atoms with Gasteiger partial charge < -0.3 is 9.32 Å². The lowest BCUT2D eigenvalue weighted by Crippen LogP contribution is -2.46. The predicted molar refractivity (Wildman–Crippen MR) is 118 cm³/mol. The quantitative estimate of drug-likeness (QED) is 0.495. The van der Waals surface area contributed by atoms with E-state index < -0.39 is 0 Å². The molecule has 0 radical (unpaired) electrons. The fourth-order valence-corrected chi connectivity index (χ4v) is 3.97. The molecule has 0 amide bonds. The minimum absolute atomic E-state index is 0.755. The first-order chi connectivity index (χ1) is 15.2. The van der Waals surface area contributed by atoms with E-state index in [9.17, 15) is 0 Å². The van der Waals surface area contributed by atoms with E-state index >= 15 is 0 Å². The molecule has 1 fully saturated rings. The molecule has 0 unspecified atom stereocenters. The molecule has 5 rings (SSSR count). The van der Waals surface area contributed by atoms with Gasteiger partial charge in [-0.1, -0.05) is 24.3 Å². The van der Waals surface area contributed by atoms with Gasteiger partial charge in [-0.05, 0) is 6.92 Å². The number of benzene rings is 1. The average molecular weight is 416 g/mol. The Hall–Kier alpha value is -3.52. The summed E-state index contributed by atoms with van der Waals surface area (Å²) in [6.45, 7) is 6.86. The van der Waals surface area contributed by atoms with Crippen molar-refractivity contribution in [2.45, 2.75) is 13.5 Å². The Morgan fingerprint density at radius 2 is 1.68 bits per heavy atom. The third kappa shape index (κ3) is 3.94. The normalized spacial score (nSPS) is 14.8. The number of aryl methyl sites for hydroxylation is 1. The molecule has 3 aromatic heterocycles. The molecule has 8 nitrogen and oxygen atoms in total. The molecule has 4 heterocycles. The highest BCUT2D eigenvalue weighted by Gasteiger charge is 2.22. The van der Waals surface area contributed by atoms with Crippen molar-refractivity contribution in [3.63, 3.8) is 0 Å². The van der Waals surface area contributed by atoms with Crippen LogP contribution in [0.25, 0.3) is 22.6 Å². The van der Waals surface area contributed by atoms with Gasteiger partial charge >= 0.3 is 0 Å². The van der Waals surface area contributed by atoms with Crippen molar-refractivity contribution in [2.75, 3.05) is 31.1 Å². The number of piperazine rings is 1. The van der Waals surface area contributed by atoms with Crippen molar-refractivity contribution in [2.24, 2.45) is 7.05 Å². The maximum atomic E-state index is 5.39. The summed E-state index contributed by atoms with van der Waals surface area (Å²) in [5.74, 6) is 1.69. The Balaban J connectivity index is 1.30. The van der Waals surface area contributed by atoms with Crippen molar-refractivity contribution in [3.05, 3.63) is 66.7 Å². The van der Waals surface area contributed by atoms with Crippen LogP contribution >= 0.6 is 0 Å². The molecule has 0 aliphatic carbocycles. The first kappa shape index (κ1) is 19.4. The number of hydrogen-bond acceptors (Lipinski definition) is 7. The summed E-state index contributed by atoms with van der Waals surface area (Å²) in [7, 11) is 1.99. The zero-order valence-electron chi connectivity index (χ0n) is 17.8. The van der Waals surface area contributed by atoms with Crippen LogP contribution in [0.2, 0.25) is 0 Å². The van der Waals surface area contributed by atoms with Gasteiger partial charge in [0.15, 0.2) is 18.0 Å². The van der Waals surface area contributed by atoms with Crippen LogP contribution in [0, 0.1) is 6.92 Å². The van der Waals surface area contributed by atoms with Crippen molar-refractivity contribution in [1.82, 2.24) is 29.6 Å². The second kappa shape index (κ2) is 8.31. The van der Waals surface area contributed by atoms with E-state index in [2.05, 4.69) is 48.9 Å². The summed E-state index contributed by atoms with van der Waals surface area (Å²) in [6, 6.07) is 8.19. The summed E-state index contributed by atoms with van der Waals surface area (Å²) in [6.07, 6.45) is 8.66. The Morgan fingerprint density at radius 3 is 2.35 bits per heavy atom. The van der Waals surface area contributed by atoms with Crippen LogP contribution in [0.5, 0.6) is 0 Å². The Labute approximate surface area is 181 Å². The number of rotatable bonds is 5. The highest BCUT2D eigenvalue weighted by molar-refractivity contribution is 5.74. The number of oxazole rings is 1. The SMILES string of the molecule is Cc1c(CN2CCN(c3nccnc3-c3ccc(-c4cnco4)cc3)CC2)cnn1C. The minimum Gasteiger partial charge on any atom is -0.444 e. The molecule has 1 saturated heterocycles. The molecule has 0 saturated carbocycles. The van der Waals surface area contributed by atoms with Crippen molar-refractivity contribution in [3.8, 4) is 22.6 Å². The van der Waals surface area contributed by atoms with Crippen LogP contribution in [0.15, 0.2) is 59.9 Å². The van der Waals surface area contributed by atoms with E-state index in [1.54, 1.807) is 18.6 Å². The number of hydrogen-bond donors (Lipinski definition) is 0. The molecule has 158 valence electrons. The lowest BCUT2D eigenvalue weighted by Gasteiger charge is -2.35. The van der Waals surface area contributed by atoms with Crippen molar-refractivity contribution in [1.29, 1.82) is 0 Å². The summed E-state index contributed by atoms with van der Waals surface area (Å²) in [5.41, 5.74) is 5.46. The third-order valence-corrected chi connectivity index (χ3v) is 5.96. The monoisotopic (exact) mass is 415 g/mol. The summed E-state index contributed by atoms with van der Waals surface area (Å²) >= 11 is 0. The van der Waals surface area contributed by atoms with Crippen LogP contribution < -0.4 is 4.90 Å². The van der Waals surface area contributed by atoms with Gasteiger partial charge in [0.05, 0.1) is 12.4 Å². The second-order valence-corrected chi connectivity index (χ2v) is 7.81. The lowest BCUT2D eigenvalue weighted by molar-refractivity contribution is 0.249. The smallest absolute Gasteiger partial charge is 0.181 e. The predicted octanol–water partition coefficient (Wildman–Crippen LogP) is 3.16. The van der Waals surface area contributed by atoms with E-state index in [1.807, 2.05) is 30.1 Å². The molecule has 0 atom stereocenters. The Morgan fingerprint density at radius 1 is 0.935 bits per heavy atom. The van der Waals surface area contributed by atoms with Gasteiger partial charge in [0, 0.05) is 74.5 Å². The van der Waals surface area contributed by atoms with Gasteiger partial charge in [-0.3, -0.25) is 14.6 Å². The standard InChI is InChI=1S/C23H25N7O/c1-17-20(13-27-28(17)2)15-29-9-11-30(12-10-29)23-22(25-7-8-26-23)19-5-3-18(4-6-19)21-14-24-16-31-21/h3-8,13-14,16H,9-12,15H2,1-2H3. The summed E-state index contributed by atoms with van der Waals surface area (Å²) < 4.78 is 7.32. The minimum atomic E-state index is 0.755. The fourth-order valence-electron chi connectivity index (χ4n) is 3.97. The summed E-state index contributed by atoms with van der Waals surface area (Å²) in [5, 5.41) is 4.36. The molecule has 0 spiro atoms. The highest BCUT2D eigenvalue weighted by atomic mass is 16.3. The van der Waals surface area contributed by atoms with Gasteiger partial charge in [0.25, 0.3) is 0 Å².